The Balaban J connectivity index is 2.25. The second-order valence-electron chi connectivity index (χ2n) is 3.06. The average molecular weight is 211 g/mol. The van der Waals surface area contributed by atoms with Crippen LogP contribution in [0.2, 0.25) is 0 Å². The summed E-state index contributed by atoms with van der Waals surface area (Å²) < 4.78 is 0. The number of aryl methyl sites for hydroxylation is 1. The maximum absolute atomic E-state index is 5.49. The molecule has 0 saturated heterocycles. The summed E-state index contributed by atoms with van der Waals surface area (Å²) in [6.45, 7) is 3.68. The molecule has 0 amide bonds. The van der Waals surface area contributed by atoms with E-state index in [0.717, 1.165) is 18.8 Å². The summed E-state index contributed by atoms with van der Waals surface area (Å²) in [6, 6.07) is 4.10. The summed E-state index contributed by atoms with van der Waals surface area (Å²) in [4.78, 5) is 4.22. The van der Waals surface area contributed by atoms with Gasteiger partial charge >= 0.3 is 0 Å². The Morgan fingerprint density at radius 3 is 2.93 bits per heavy atom. The number of alkyl halides is 1. The van der Waals surface area contributed by atoms with Crippen LogP contribution in [0, 0.1) is 6.92 Å². The zero-order valence-corrected chi connectivity index (χ0v) is 9.09. The third-order valence-corrected chi connectivity index (χ3v) is 2.00. The molecule has 0 fully saturated rings. The van der Waals surface area contributed by atoms with Crippen LogP contribution < -0.4 is 5.32 Å². The molecule has 1 rings (SSSR count). The first-order valence-electron chi connectivity index (χ1n) is 4.66. The highest BCUT2D eigenvalue weighted by atomic mass is 35.5. The summed E-state index contributed by atoms with van der Waals surface area (Å²) >= 11 is 5.49. The highest BCUT2D eigenvalue weighted by molar-refractivity contribution is 6.18. The van der Waals surface area contributed by atoms with Gasteiger partial charge in [-0.05, 0) is 18.6 Å². The third-order valence-electron chi connectivity index (χ3n) is 1.82. The van der Waals surface area contributed by atoms with Gasteiger partial charge in [0.25, 0.3) is 0 Å². The summed E-state index contributed by atoms with van der Waals surface area (Å²) in [6.07, 6.45) is 5.85. The van der Waals surface area contributed by atoms with Gasteiger partial charge in [0.05, 0.1) is 0 Å². The van der Waals surface area contributed by atoms with Crippen molar-refractivity contribution in [1.82, 2.24) is 10.3 Å². The van der Waals surface area contributed by atoms with Crippen molar-refractivity contribution in [2.45, 2.75) is 13.5 Å². The lowest BCUT2D eigenvalue weighted by Crippen LogP contribution is -2.12. The van der Waals surface area contributed by atoms with E-state index in [1.165, 1.54) is 5.56 Å². The van der Waals surface area contributed by atoms with Crippen LogP contribution in [0.25, 0.3) is 0 Å². The molecule has 76 valence electrons. The van der Waals surface area contributed by atoms with Gasteiger partial charge in [0.15, 0.2) is 0 Å². The van der Waals surface area contributed by atoms with Crippen molar-refractivity contribution < 1.29 is 0 Å². The molecule has 0 aliphatic heterocycles. The molecule has 0 atom stereocenters. The molecule has 0 unspecified atom stereocenters. The van der Waals surface area contributed by atoms with Crippen molar-refractivity contribution in [3.8, 4) is 0 Å². The van der Waals surface area contributed by atoms with Gasteiger partial charge < -0.3 is 5.32 Å². The van der Waals surface area contributed by atoms with E-state index in [4.69, 9.17) is 11.6 Å². The predicted molar refractivity (Wildman–Crippen MR) is 60.5 cm³/mol. The quantitative estimate of drug-likeness (QED) is 0.458. The molecule has 1 N–H and O–H groups in total. The number of hydrogen-bond donors (Lipinski definition) is 1. The van der Waals surface area contributed by atoms with Crippen molar-refractivity contribution in [3.63, 3.8) is 0 Å². The average Bonchev–Trinajstić information content (AvgIpc) is 2.21. The second-order valence-corrected chi connectivity index (χ2v) is 3.37. The molecule has 0 aliphatic rings. The number of hydrogen-bond acceptors (Lipinski definition) is 2. The molecule has 0 aliphatic carbocycles. The Kier molecular flexibility index (Phi) is 5.27. The van der Waals surface area contributed by atoms with Crippen LogP contribution >= 0.6 is 11.6 Å². The summed E-state index contributed by atoms with van der Waals surface area (Å²) in [7, 11) is 0. The lowest BCUT2D eigenvalue weighted by Gasteiger charge is -2.01. The Bertz CT molecular complexity index is 280. The largest absolute Gasteiger partial charge is 0.309 e. The number of halogens is 1. The molecule has 14 heavy (non-hydrogen) atoms. The third kappa shape index (κ3) is 4.40. The predicted octanol–water partition coefficient (Wildman–Crippen LogP) is 2.27. The first kappa shape index (κ1) is 11.2. The van der Waals surface area contributed by atoms with Crippen LogP contribution in [0.1, 0.15) is 11.3 Å². The van der Waals surface area contributed by atoms with Gasteiger partial charge in [0, 0.05) is 30.9 Å². The van der Waals surface area contributed by atoms with E-state index in [9.17, 15) is 0 Å². The zero-order valence-electron chi connectivity index (χ0n) is 8.33. The number of pyridine rings is 1. The van der Waals surface area contributed by atoms with Gasteiger partial charge in [-0.3, -0.25) is 4.98 Å². The van der Waals surface area contributed by atoms with Crippen molar-refractivity contribution in [1.29, 1.82) is 0 Å². The maximum atomic E-state index is 5.49. The van der Waals surface area contributed by atoms with Gasteiger partial charge in [-0.25, -0.2) is 0 Å². The van der Waals surface area contributed by atoms with E-state index in [0.29, 0.717) is 5.88 Å². The van der Waals surface area contributed by atoms with E-state index >= 15 is 0 Å². The second kappa shape index (κ2) is 6.57. The Morgan fingerprint density at radius 2 is 2.29 bits per heavy atom. The molecule has 1 aromatic rings. The molecule has 0 radical (unpaired) electrons. The standard InChI is InChI=1S/C11H15ClN2/c1-10-4-5-11(9-14-10)8-13-7-3-2-6-12/h2-5,9,13H,6-8H2,1H3/b3-2+. The van der Waals surface area contributed by atoms with Gasteiger partial charge in [0.1, 0.15) is 0 Å². The lowest BCUT2D eigenvalue weighted by atomic mass is 10.2. The van der Waals surface area contributed by atoms with Crippen molar-refractivity contribution >= 4 is 11.6 Å². The van der Waals surface area contributed by atoms with Crippen LogP contribution in [0.5, 0.6) is 0 Å². The minimum atomic E-state index is 0.577. The topological polar surface area (TPSA) is 24.9 Å². The molecule has 0 spiro atoms. The van der Waals surface area contributed by atoms with Gasteiger partial charge in [-0.1, -0.05) is 18.2 Å². The monoisotopic (exact) mass is 210 g/mol. The van der Waals surface area contributed by atoms with Crippen molar-refractivity contribution in [2.24, 2.45) is 0 Å². The highest BCUT2D eigenvalue weighted by Gasteiger charge is 1.90. The molecule has 0 saturated carbocycles. The summed E-state index contributed by atoms with van der Waals surface area (Å²) in [5.41, 5.74) is 2.26. The molecular weight excluding hydrogens is 196 g/mol. The fourth-order valence-electron chi connectivity index (χ4n) is 1.05. The maximum Gasteiger partial charge on any atom is 0.0404 e. The fourth-order valence-corrected chi connectivity index (χ4v) is 1.18. The molecule has 2 nitrogen and oxygen atoms in total. The van der Waals surface area contributed by atoms with Gasteiger partial charge in [0.2, 0.25) is 0 Å². The molecule has 0 aromatic carbocycles. The van der Waals surface area contributed by atoms with Crippen molar-refractivity contribution in [2.75, 3.05) is 12.4 Å². The van der Waals surface area contributed by atoms with Gasteiger partial charge in [-0.2, -0.15) is 0 Å². The lowest BCUT2D eigenvalue weighted by molar-refractivity contribution is 0.755. The number of rotatable bonds is 5. The van der Waals surface area contributed by atoms with E-state index in [1.807, 2.05) is 31.3 Å². The van der Waals surface area contributed by atoms with Crippen molar-refractivity contribution in [3.05, 3.63) is 41.7 Å². The first-order valence-corrected chi connectivity index (χ1v) is 5.19. The number of nitrogens with one attached hydrogen (secondary N) is 1. The highest BCUT2D eigenvalue weighted by Crippen LogP contribution is 1.98. The van der Waals surface area contributed by atoms with E-state index in [1.54, 1.807) is 0 Å². The fraction of sp³-hybridized carbons (Fsp3) is 0.364. The minimum Gasteiger partial charge on any atom is -0.309 e. The minimum absolute atomic E-state index is 0.577. The van der Waals surface area contributed by atoms with Crippen LogP contribution in [-0.4, -0.2) is 17.4 Å². The Hall–Kier alpha value is -0.860. The molecule has 0 bridgehead atoms. The smallest absolute Gasteiger partial charge is 0.0404 e. The van der Waals surface area contributed by atoms with E-state index in [-0.39, 0.29) is 0 Å². The van der Waals surface area contributed by atoms with E-state index in [2.05, 4.69) is 16.4 Å². The first-order chi connectivity index (χ1) is 6.83. The van der Waals surface area contributed by atoms with Gasteiger partial charge in [-0.15, -0.1) is 11.6 Å². The SMILES string of the molecule is Cc1ccc(CNC/C=C/CCl)cn1. The van der Waals surface area contributed by atoms with Crippen LogP contribution in [0.3, 0.4) is 0 Å². The number of allylic oxidation sites excluding steroid dienone is 1. The van der Waals surface area contributed by atoms with Crippen LogP contribution in [0.4, 0.5) is 0 Å². The van der Waals surface area contributed by atoms with E-state index < -0.39 is 0 Å². The number of nitrogens with zero attached hydrogens (tertiary/aromatic N) is 1. The summed E-state index contributed by atoms with van der Waals surface area (Å²) in [5, 5.41) is 3.27. The van der Waals surface area contributed by atoms with Crippen LogP contribution in [-0.2, 0) is 6.54 Å². The Morgan fingerprint density at radius 1 is 1.43 bits per heavy atom. The zero-order chi connectivity index (χ0) is 10.2. The molecular formula is C11H15ClN2. The van der Waals surface area contributed by atoms with Crippen LogP contribution in [0.15, 0.2) is 30.5 Å². The summed E-state index contributed by atoms with van der Waals surface area (Å²) in [5.74, 6) is 0.577. The molecule has 1 heterocycles. The molecule has 3 heteroatoms. The number of aromatic nitrogens is 1. The molecule has 1 aromatic heterocycles. The normalized spacial score (nSPS) is 11.0. The Labute approximate surface area is 90.0 Å².